The van der Waals surface area contributed by atoms with Gasteiger partial charge in [-0.1, -0.05) is 18.9 Å². The zero-order valence-corrected chi connectivity index (χ0v) is 16.1. The molecule has 4 rings (SSSR count). The van der Waals surface area contributed by atoms with Crippen molar-refractivity contribution in [3.8, 4) is 11.3 Å². The van der Waals surface area contributed by atoms with E-state index in [4.69, 9.17) is 0 Å². The predicted octanol–water partition coefficient (Wildman–Crippen LogP) is 5.45. The third-order valence-electron chi connectivity index (χ3n) is 6.08. The molecule has 0 N–H and O–H groups in total. The van der Waals surface area contributed by atoms with E-state index in [2.05, 4.69) is 27.8 Å². The molecule has 0 radical (unpaired) electrons. The zero-order valence-electron chi connectivity index (χ0n) is 16.1. The largest absolute Gasteiger partial charge is 0.287 e. The summed E-state index contributed by atoms with van der Waals surface area (Å²) >= 11 is 0. The Kier molecular flexibility index (Phi) is 4.26. The SMILES string of the molecule is Cc1cc(-c2c3cc(C4CCCC4)ccc3nc[n+]2C)c(C)c(C)c1F. The molecule has 1 aliphatic rings. The summed E-state index contributed by atoms with van der Waals surface area (Å²) in [6.07, 6.45) is 7.07. The van der Waals surface area contributed by atoms with E-state index >= 15 is 0 Å². The maximum atomic E-state index is 14.4. The molecule has 0 bridgehead atoms. The van der Waals surface area contributed by atoms with Crippen molar-refractivity contribution in [2.45, 2.75) is 52.4 Å². The summed E-state index contributed by atoms with van der Waals surface area (Å²) in [6, 6.07) is 8.68. The standard InChI is InChI=1S/C23H26FN2/c1-14-11-19(15(2)16(3)22(14)24)23-20-12-18(17-7-5-6-8-17)9-10-21(20)25-13-26(23)4/h9-13,17H,5-8H2,1-4H3/q+1. The van der Waals surface area contributed by atoms with Crippen molar-refractivity contribution in [3.05, 3.63) is 58.7 Å². The summed E-state index contributed by atoms with van der Waals surface area (Å²) < 4.78 is 16.4. The maximum Gasteiger partial charge on any atom is 0.287 e. The van der Waals surface area contributed by atoms with E-state index in [0.717, 1.165) is 33.3 Å². The number of benzene rings is 2. The monoisotopic (exact) mass is 349 g/mol. The zero-order chi connectivity index (χ0) is 18.4. The van der Waals surface area contributed by atoms with Gasteiger partial charge in [-0.2, -0.15) is 0 Å². The number of nitrogens with zero attached hydrogens (tertiary/aromatic N) is 2. The van der Waals surface area contributed by atoms with E-state index in [0.29, 0.717) is 11.5 Å². The van der Waals surface area contributed by atoms with Crippen LogP contribution in [0.2, 0.25) is 0 Å². The van der Waals surface area contributed by atoms with E-state index in [9.17, 15) is 4.39 Å². The van der Waals surface area contributed by atoms with Crippen LogP contribution in [0, 0.1) is 26.6 Å². The molecular weight excluding hydrogens is 323 g/mol. The number of hydrogen-bond acceptors (Lipinski definition) is 1. The third-order valence-corrected chi connectivity index (χ3v) is 6.08. The van der Waals surface area contributed by atoms with Crippen LogP contribution in [0.15, 0.2) is 30.6 Å². The summed E-state index contributed by atoms with van der Waals surface area (Å²) in [5, 5.41) is 1.16. The second-order valence-electron chi connectivity index (χ2n) is 7.77. The molecule has 1 fully saturated rings. The van der Waals surface area contributed by atoms with Gasteiger partial charge in [-0.3, -0.25) is 0 Å². The van der Waals surface area contributed by atoms with Crippen LogP contribution < -0.4 is 4.57 Å². The molecule has 2 aromatic carbocycles. The van der Waals surface area contributed by atoms with E-state index in [1.165, 1.54) is 31.2 Å². The number of aryl methyl sites for hydroxylation is 2. The molecule has 134 valence electrons. The van der Waals surface area contributed by atoms with Crippen molar-refractivity contribution >= 4 is 10.9 Å². The number of rotatable bonds is 2. The van der Waals surface area contributed by atoms with Gasteiger partial charge in [-0.15, -0.1) is 0 Å². The van der Waals surface area contributed by atoms with Gasteiger partial charge in [0.05, 0.1) is 12.4 Å². The van der Waals surface area contributed by atoms with Crippen LogP contribution in [0.3, 0.4) is 0 Å². The van der Waals surface area contributed by atoms with Crippen molar-refractivity contribution < 1.29 is 8.96 Å². The second kappa shape index (κ2) is 6.46. The molecule has 1 aromatic heterocycles. The number of fused-ring (bicyclic) bond motifs is 1. The number of aromatic nitrogens is 2. The summed E-state index contributed by atoms with van der Waals surface area (Å²) in [6.45, 7) is 5.73. The molecule has 3 heteroatoms. The molecule has 0 saturated heterocycles. The van der Waals surface area contributed by atoms with E-state index in [-0.39, 0.29) is 5.82 Å². The van der Waals surface area contributed by atoms with Crippen LogP contribution in [-0.4, -0.2) is 4.98 Å². The lowest BCUT2D eigenvalue weighted by Crippen LogP contribution is -2.32. The Morgan fingerprint density at radius 2 is 1.77 bits per heavy atom. The minimum Gasteiger partial charge on any atom is -0.232 e. The summed E-state index contributed by atoms with van der Waals surface area (Å²) in [7, 11) is 2.03. The molecule has 1 aliphatic carbocycles. The van der Waals surface area contributed by atoms with Gasteiger partial charge in [0.15, 0.2) is 5.52 Å². The smallest absolute Gasteiger partial charge is 0.232 e. The van der Waals surface area contributed by atoms with Gasteiger partial charge >= 0.3 is 0 Å². The molecular formula is C23H26FN2+. The molecule has 0 unspecified atom stereocenters. The van der Waals surface area contributed by atoms with Crippen LogP contribution in [0.1, 0.15) is 53.9 Å². The summed E-state index contributed by atoms with van der Waals surface area (Å²) in [5.74, 6) is 0.564. The Morgan fingerprint density at radius 1 is 1.04 bits per heavy atom. The molecule has 3 aromatic rings. The summed E-state index contributed by atoms with van der Waals surface area (Å²) in [5.41, 5.74) is 7.06. The Hall–Kier alpha value is -2.29. The van der Waals surface area contributed by atoms with Gasteiger partial charge in [0, 0.05) is 5.56 Å². The molecule has 0 spiro atoms. The van der Waals surface area contributed by atoms with Gasteiger partial charge in [-0.05, 0) is 85.0 Å². The van der Waals surface area contributed by atoms with Crippen molar-refractivity contribution in [1.29, 1.82) is 0 Å². The number of halogens is 1. The van der Waals surface area contributed by atoms with Crippen molar-refractivity contribution in [1.82, 2.24) is 4.98 Å². The van der Waals surface area contributed by atoms with Crippen LogP contribution >= 0.6 is 0 Å². The molecule has 0 atom stereocenters. The van der Waals surface area contributed by atoms with Gasteiger partial charge in [0.25, 0.3) is 6.33 Å². The molecule has 26 heavy (non-hydrogen) atoms. The van der Waals surface area contributed by atoms with Crippen LogP contribution in [0.5, 0.6) is 0 Å². The molecule has 0 amide bonds. The van der Waals surface area contributed by atoms with Crippen LogP contribution in [0.4, 0.5) is 4.39 Å². The first-order chi connectivity index (χ1) is 12.5. The van der Waals surface area contributed by atoms with E-state index in [1.807, 2.05) is 40.2 Å². The fourth-order valence-electron chi connectivity index (χ4n) is 4.40. The third kappa shape index (κ3) is 2.70. The Balaban J connectivity index is 2.00. The lowest BCUT2D eigenvalue weighted by molar-refractivity contribution is -0.662. The molecule has 0 aliphatic heterocycles. The van der Waals surface area contributed by atoms with Gasteiger partial charge in [0.2, 0.25) is 0 Å². The lowest BCUT2D eigenvalue weighted by Gasteiger charge is -2.15. The highest BCUT2D eigenvalue weighted by molar-refractivity contribution is 5.92. The maximum absolute atomic E-state index is 14.4. The highest BCUT2D eigenvalue weighted by atomic mass is 19.1. The number of hydrogen-bond donors (Lipinski definition) is 0. The Bertz CT molecular complexity index is 1000. The van der Waals surface area contributed by atoms with Crippen LogP contribution in [-0.2, 0) is 7.05 Å². The summed E-state index contributed by atoms with van der Waals surface area (Å²) in [4.78, 5) is 4.62. The quantitative estimate of drug-likeness (QED) is 0.562. The Morgan fingerprint density at radius 3 is 2.50 bits per heavy atom. The predicted molar refractivity (Wildman–Crippen MR) is 104 cm³/mol. The average Bonchev–Trinajstić information content (AvgIpc) is 3.18. The fourth-order valence-corrected chi connectivity index (χ4v) is 4.40. The lowest BCUT2D eigenvalue weighted by atomic mass is 9.92. The highest BCUT2D eigenvalue weighted by Crippen LogP contribution is 2.37. The molecule has 1 heterocycles. The first-order valence-corrected chi connectivity index (χ1v) is 9.52. The Labute approximate surface area is 154 Å². The minimum atomic E-state index is -0.0982. The van der Waals surface area contributed by atoms with Gasteiger partial charge in [0.1, 0.15) is 11.5 Å². The second-order valence-corrected chi connectivity index (χ2v) is 7.77. The van der Waals surface area contributed by atoms with E-state index < -0.39 is 0 Å². The topological polar surface area (TPSA) is 16.8 Å². The molecule has 2 nitrogen and oxygen atoms in total. The van der Waals surface area contributed by atoms with Crippen molar-refractivity contribution in [2.75, 3.05) is 0 Å². The first kappa shape index (κ1) is 17.1. The van der Waals surface area contributed by atoms with Crippen LogP contribution in [0.25, 0.3) is 22.2 Å². The first-order valence-electron chi connectivity index (χ1n) is 9.52. The van der Waals surface area contributed by atoms with Gasteiger partial charge < -0.3 is 0 Å². The minimum absolute atomic E-state index is 0.0982. The molecule has 1 saturated carbocycles. The van der Waals surface area contributed by atoms with E-state index in [1.54, 1.807) is 0 Å². The van der Waals surface area contributed by atoms with Gasteiger partial charge in [-0.25, -0.2) is 8.96 Å². The fraction of sp³-hybridized carbons (Fsp3) is 0.391. The van der Waals surface area contributed by atoms with Crippen molar-refractivity contribution in [2.24, 2.45) is 7.05 Å². The average molecular weight is 349 g/mol. The van der Waals surface area contributed by atoms with Crippen molar-refractivity contribution in [3.63, 3.8) is 0 Å². The normalized spacial score (nSPS) is 15.1. The highest BCUT2D eigenvalue weighted by Gasteiger charge is 2.22.